The van der Waals surface area contributed by atoms with Gasteiger partial charge >= 0.3 is 0 Å². The molecule has 1 aliphatic heterocycles. The van der Waals surface area contributed by atoms with E-state index >= 15 is 0 Å². The molecule has 0 saturated carbocycles. The second kappa shape index (κ2) is 8.49. The van der Waals surface area contributed by atoms with Crippen LogP contribution in [0.1, 0.15) is 22.5 Å². The van der Waals surface area contributed by atoms with E-state index in [-0.39, 0.29) is 17.3 Å². The molecule has 156 valence electrons. The molecule has 4 aromatic rings. The summed E-state index contributed by atoms with van der Waals surface area (Å²) >= 11 is 1.41. The molecule has 0 aliphatic carbocycles. The molecule has 0 spiro atoms. The fraction of sp³-hybridized carbons (Fsp3) is 0.200. The molecular formula is C25H23N3O2S. The third-order valence-electron chi connectivity index (χ3n) is 5.73. The van der Waals surface area contributed by atoms with Crippen molar-refractivity contribution in [3.8, 4) is 5.69 Å². The molecule has 0 atom stereocenters. The topological polar surface area (TPSA) is 63.1 Å². The van der Waals surface area contributed by atoms with E-state index in [1.165, 1.54) is 11.3 Å². The molecule has 1 saturated heterocycles. The molecule has 2 aromatic carbocycles. The number of Topliss-reactive ketones (excluding diaryl/α,β-unsaturated/α-hetero) is 1. The molecule has 5 nitrogen and oxygen atoms in total. The quantitative estimate of drug-likeness (QED) is 0.439. The molecule has 1 aliphatic rings. The van der Waals surface area contributed by atoms with Crippen LogP contribution >= 0.6 is 11.3 Å². The van der Waals surface area contributed by atoms with Crippen molar-refractivity contribution < 1.29 is 4.79 Å². The van der Waals surface area contributed by atoms with Gasteiger partial charge in [0.25, 0.3) is 5.56 Å². The zero-order chi connectivity index (χ0) is 21.2. The van der Waals surface area contributed by atoms with Gasteiger partial charge in [0.1, 0.15) is 4.83 Å². The SMILES string of the molecule is O=C(c1sc2c(ccc(=O)n2-c2ccccc2)c1Nc1ccccc1)C1CCNCC1. The molecule has 0 unspecified atom stereocenters. The van der Waals surface area contributed by atoms with Gasteiger partial charge in [0.05, 0.1) is 16.3 Å². The highest BCUT2D eigenvalue weighted by Crippen LogP contribution is 2.40. The van der Waals surface area contributed by atoms with E-state index in [9.17, 15) is 9.59 Å². The predicted octanol–water partition coefficient (Wildman–Crippen LogP) is 4.98. The molecule has 0 amide bonds. The number of thiophene rings is 1. The van der Waals surface area contributed by atoms with Gasteiger partial charge in [-0.1, -0.05) is 36.4 Å². The van der Waals surface area contributed by atoms with Crippen LogP contribution in [-0.2, 0) is 0 Å². The van der Waals surface area contributed by atoms with Crippen molar-refractivity contribution in [2.45, 2.75) is 12.8 Å². The van der Waals surface area contributed by atoms with Gasteiger partial charge in [-0.15, -0.1) is 11.3 Å². The molecule has 5 rings (SSSR count). The van der Waals surface area contributed by atoms with Crippen molar-refractivity contribution in [2.24, 2.45) is 5.92 Å². The highest BCUT2D eigenvalue weighted by molar-refractivity contribution is 7.21. The highest BCUT2D eigenvalue weighted by Gasteiger charge is 2.28. The molecule has 6 heteroatoms. The molecule has 0 radical (unpaired) electrons. The van der Waals surface area contributed by atoms with Crippen LogP contribution in [-0.4, -0.2) is 23.4 Å². The number of piperidine rings is 1. The number of pyridine rings is 1. The van der Waals surface area contributed by atoms with Gasteiger partial charge in [0, 0.05) is 23.1 Å². The van der Waals surface area contributed by atoms with Gasteiger partial charge in [-0.3, -0.25) is 14.2 Å². The van der Waals surface area contributed by atoms with E-state index in [1.54, 1.807) is 10.6 Å². The number of carbonyl (C=O) groups excluding carboxylic acids is 1. The van der Waals surface area contributed by atoms with E-state index in [1.807, 2.05) is 66.7 Å². The summed E-state index contributed by atoms with van der Waals surface area (Å²) in [7, 11) is 0. The Morgan fingerprint density at radius 1 is 0.935 bits per heavy atom. The number of ketones is 1. The lowest BCUT2D eigenvalue weighted by molar-refractivity contribution is 0.0900. The van der Waals surface area contributed by atoms with E-state index < -0.39 is 0 Å². The summed E-state index contributed by atoms with van der Waals surface area (Å²) in [4.78, 5) is 27.9. The Morgan fingerprint density at radius 3 is 2.32 bits per heavy atom. The van der Waals surface area contributed by atoms with Gasteiger partial charge in [-0.2, -0.15) is 0 Å². The Hall–Kier alpha value is -3.22. The smallest absolute Gasteiger partial charge is 0.256 e. The monoisotopic (exact) mass is 429 g/mol. The summed E-state index contributed by atoms with van der Waals surface area (Å²) in [6.45, 7) is 1.72. The fourth-order valence-electron chi connectivity index (χ4n) is 4.14. The Morgan fingerprint density at radius 2 is 1.61 bits per heavy atom. The van der Waals surface area contributed by atoms with Crippen LogP contribution in [0.25, 0.3) is 15.9 Å². The lowest BCUT2D eigenvalue weighted by atomic mass is 9.92. The number of hydrogen-bond donors (Lipinski definition) is 2. The van der Waals surface area contributed by atoms with Crippen LogP contribution in [0.3, 0.4) is 0 Å². The third kappa shape index (κ3) is 3.80. The predicted molar refractivity (Wildman–Crippen MR) is 127 cm³/mol. The zero-order valence-electron chi connectivity index (χ0n) is 17.0. The lowest BCUT2D eigenvalue weighted by Gasteiger charge is -2.21. The second-order valence-electron chi connectivity index (χ2n) is 7.75. The van der Waals surface area contributed by atoms with E-state index in [4.69, 9.17) is 0 Å². The maximum atomic E-state index is 13.6. The molecule has 31 heavy (non-hydrogen) atoms. The number of aromatic nitrogens is 1. The average molecular weight is 430 g/mol. The third-order valence-corrected chi connectivity index (χ3v) is 6.94. The molecule has 0 bridgehead atoms. The number of para-hydroxylation sites is 2. The summed E-state index contributed by atoms with van der Waals surface area (Å²) < 4.78 is 1.70. The van der Waals surface area contributed by atoms with Crippen molar-refractivity contribution >= 4 is 38.7 Å². The standard InChI is InChI=1S/C25H23N3O2S/c29-21-12-11-20-22(27-18-7-3-1-4-8-18)24(23(30)17-13-15-26-16-14-17)31-25(20)28(21)19-9-5-2-6-10-19/h1-12,17,26-27H,13-16H2. The van der Waals surface area contributed by atoms with Gasteiger partial charge in [-0.25, -0.2) is 0 Å². The van der Waals surface area contributed by atoms with Crippen molar-refractivity contribution in [3.05, 3.63) is 88.0 Å². The summed E-state index contributed by atoms with van der Waals surface area (Å²) in [5.74, 6) is 0.163. The van der Waals surface area contributed by atoms with Crippen molar-refractivity contribution in [3.63, 3.8) is 0 Å². The number of hydrogen-bond acceptors (Lipinski definition) is 5. The van der Waals surface area contributed by atoms with Crippen molar-refractivity contribution in [2.75, 3.05) is 18.4 Å². The zero-order valence-corrected chi connectivity index (χ0v) is 17.8. The molecule has 3 heterocycles. The van der Waals surface area contributed by atoms with Gasteiger partial charge in [0.15, 0.2) is 5.78 Å². The van der Waals surface area contributed by atoms with Crippen LogP contribution in [0.2, 0.25) is 0 Å². The highest BCUT2D eigenvalue weighted by atomic mass is 32.1. The number of anilines is 2. The van der Waals surface area contributed by atoms with Gasteiger partial charge in [-0.05, 0) is 56.3 Å². The van der Waals surface area contributed by atoms with Crippen LogP contribution in [0.15, 0.2) is 77.6 Å². The first kappa shape index (κ1) is 19.7. The summed E-state index contributed by atoms with van der Waals surface area (Å²) in [5.41, 5.74) is 2.40. The van der Waals surface area contributed by atoms with E-state index in [2.05, 4.69) is 10.6 Å². The van der Waals surface area contributed by atoms with E-state index in [0.29, 0.717) is 4.88 Å². The number of carbonyl (C=O) groups is 1. The molecule has 1 fully saturated rings. The van der Waals surface area contributed by atoms with Crippen LogP contribution in [0.5, 0.6) is 0 Å². The first-order chi connectivity index (χ1) is 15.2. The summed E-state index contributed by atoms with van der Waals surface area (Å²) in [6.07, 6.45) is 1.67. The maximum Gasteiger partial charge on any atom is 0.256 e. The maximum absolute atomic E-state index is 13.6. The molecule has 2 aromatic heterocycles. The first-order valence-corrected chi connectivity index (χ1v) is 11.3. The second-order valence-corrected chi connectivity index (χ2v) is 8.75. The van der Waals surface area contributed by atoms with Crippen molar-refractivity contribution in [1.82, 2.24) is 9.88 Å². The lowest BCUT2D eigenvalue weighted by Crippen LogP contribution is -2.31. The Labute approximate surface area is 184 Å². The Kier molecular flexibility index (Phi) is 5.40. The summed E-state index contributed by atoms with van der Waals surface area (Å²) in [6, 6.07) is 22.9. The van der Waals surface area contributed by atoms with Crippen LogP contribution in [0.4, 0.5) is 11.4 Å². The number of nitrogens with zero attached hydrogens (tertiary/aromatic N) is 1. The average Bonchev–Trinajstić information content (AvgIpc) is 3.18. The first-order valence-electron chi connectivity index (χ1n) is 10.5. The molecular weight excluding hydrogens is 406 g/mol. The number of benzene rings is 2. The summed E-state index contributed by atoms with van der Waals surface area (Å²) in [5, 5.41) is 7.69. The van der Waals surface area contributed by atoms with Gasteiger partial charge < -0.3 is 10.6 Å². The van der Waals surface area contributed by atoms with E-state index in [0.717, 1.165) is 53.2 Å². The Balaban J connectivity index is 1.71. The number of rotatable bonds is 5. The minimum Gasteiger partial charge on any atom is -0.354 e. The molecule has 2 N–H and O–H groups in total. The van der Waals surface area contributed by atoms with Crippen LogP contribution < -0.4 is 16.2 Å². The fourth-order valence-corrected chi connectivity index (χ4v) is 5.43. The van der Waals surface area contributed by atoms with Crippen molar-refractivity contribution in [1.29, 1.82) is 0 Å². The Bertz CT molecular complexity index is 1270. The minimum absolute atomic E-state index is 0.00235. The number of fused-ring (bicyclic) bond motifs is 1. The minimum atomic E-state index is -0.105. The largest absolute Gasteiger partial charge is 0.354 e. The number of nitrogens with one attached hydrogen (secondary N) is 2. The van der Waals surface area contributed by atoms with Crippen LogP contribution in [0, 0.1) is 5.92 Å². The normalized spacial score (nSPS) is 14.6. The van der Waals surface area contributed by atoms with Gasteiger partial charge in [0.2, 0.25) is 0 Å².